The molecule has 4 heterocycles. The third-order valence-corrected chi connectivity index (χ3v) is 5.95. The van der Waals surface area contributed by atoms with Gasteiger partial charge in [0, 0.05) is 18.7 Å². The lowest BCUT2D eigenvalue weighted by Crippen LogP contribution is -2.48. The van der Waals surface area contributed by atoms with E-state index in [2.05, 4.69) is 39.2 Å². The first-order valence-electron chi connectivity index (χ1n) is 8.43. The number of nitrogens with one attached hydrogen (secondary N) is 1. The van der Waals surface area contributed by atoms with Crippen molar-refractivity contribution in [2.45, 2.75) is 19.3 Å². The fraction of sp³-hybridized carbons (Fsp3) is 0.421. The molecular weight excluding hydrogens is 304 g/mol. The molecule has 2 aromatic rings. The Labute approximate surface area is 141 Å². The fourth-order valence-corrected chi connectivity index (χ4v) is 4.61. The van der Waals surface area contributed by atoms with Crippen LogP contribution < -0.4 is 5.32 Å². The van der Waals surface area contributed by atoms with Crippen LogP contribution in [0, 0.1) is 11.8 Å². The van der Waals surface area contributed by atoms with Gasteiger partial charge in [-0.15, -0.1) is 0 Å². The van der Waals surface area contributed by atoms with Crippen molar-refractivity contribution < 1.29 is 4.79 Å². The molecule has 1 N–H and O–H groups in total. The van der Waals surface area contributed by atoms with Gasteiger partial charge in [-0.3, -0.25) is 4.79 Å². The predicted molar refractivity (Wildman–Crippen MR) is 95.7 cm³/mol. The highest BCUT2D eigenvalue weighted by Crippen LogP contribution is 2.34. The van der Waals surface area contributed by atoms with Gasteiger partial charge in [0.15, 0.2) is 0 Å². The summed E-state index contributed by atoms with van der Waals surface area (Å²) in [5.74, 6) is 1.46. The number of hydrogen-bond acceptors (Lipinski definition) is 3. The van der Waals surface area contributed by atoms with E-state index in [0.717, 1.165) is 18.2 Å². The van der Waals surface area contributed by atoms with Gasteiger partial charge in [-0.2, -0.15) is 11.3 Å². The monoisotopic (exact) mass is 326 g/mol. The molecule has 1 unspecified atom stereocenters. The van der Waals surface area contributed by atoms with Gasteiger partial charge < -0.3 is 10.2 Å². The number of rotatable bonds is 4. The van der Waals surface area contributed by atoms with E-state index in [-0.39, 0.29) is 5.91 Å². The van der Waals surface area contributed by atoms with Gasteiger partial charge >= 0.3 is 0 Å². The van der Waals surface area contributed by atoms with Gasteiger partial charge in [-0.25, -0.2) is 0 Å². The summed E-state index contributed by atoms with van der Waals surface area (Å²) in [7, 11) is 0. The Kier molecular flexibility index (Phi) is 4.19. The Morgan fingerprint density at radius 2 is 1.91 bits per heavy atom. The van der Waals surface area contributed by atoms with Crippen LogP contribution >= 0.6 is 11.3 Å². The van der Waals surface area contributed by atoms with Crippen molar-refractivity contribution in [2.24, 2.45) is 11.8 Å². The van der Waals surface area contributed by atoms with Crippen molar-refractivity contribution in [1.29, 1.82) is 0 Å². The van der Waals surface area contributed by atoms with Crippen LogP contribution in [0.1, 0.15) is 19.3 Å². The Hall–Kier alpha value is -1.65. The number of benzene rings is 1. The molecule has 1 amide bonds. The Morgan fingerprint density at radius 3 is 2.52 bits per heavy atom. The molecule has 0 saturated carbocycles. The van der Waals surface area contributed by atoms with Crippen molar-refractivity contribution in [3.05, 3.63) is 41.1 Å². The van der Waals surface area contributed by atoms with Crippen LogP contribution in [0.4, 0.5) is 5.69 Å². The normalized spacial score (nSPS) is 26.2. The van der Waals surface area contributed by atoms with Gasteiger partial charge in [-0.1, -0.05) is 12.1 Å². The second-order valence-corrected chi connectivity index (χ2v) is 7.52. The zero-order chi connectivity index (χ0) is 15.6. The third kappa shape index (κ3) is 3.33. The molecule has 3 aliphatic rings. The fourth-order valence-electron chi connectivity index (χ4n) is 3.94. The average Bonchev–Trinajstić information content (AvgIpc) is 3.11. The highest BCUT2D eigenvalue weighted by Gasteiger charge is 2.34. The number of fused-ring (bicyclic) bond motifs is 3. The highest BCUT2D eigenvalue weighted by atomic mass is 32.1. The molecule has 3 aliphatic heterocycles. The van der Waals surface area contributed by atoms with Crippen LogP contribution in [0.3, 0.4) is 0 Å². The Balaban J connectivity index is 1.35. The summed E-state index contributed by atoms with van der Waals surface area (Å²) >= 11 is 1.70. The summed E-state index contributed by atoms with van der Waals surface area (Å²) in [6, 6.07) is 10.3. The zero-order valence-corrected chi connectivity index (χ0v) is 14.0. The molecular formula is C19H22N2OS. The van der Waals surface area contributed by atoms with Crippen molar-refractivity contribution >= 4 is 22.9 Å². The first kappa shape index (κ1) is 14.9. The maximum Gasteiger partial charge on any atom is 0.224 e. The minimum atomic E-state index is 0.159. The molecule has 4 heteroatoms. The largest absolute Gasteiger partial charge is 0.326 e. The third-order valence-electron chi connectivity index (χ3n) is 5.26. The van der Waals surface area contributed by atoms with Crippen LogP contribution in [0.15, 0.2) is 41.1 Å². The van der Waals surface area contributed by atoms with Gasteiger partial charge in [0.1, 0.15) is 0 Å². The molecule has 3 saturated heterocycles. The number of amides is 1. The number of thiophene rings is 1. The minimum Gasteiger partial charge on any atom is -0.326 e. The molecule has 1 atom stereocenters. The van der Waals surface area contributed by atoms with Crippen molar-refractivity contribution in [3.63, 3.8) is 0 Å². The average molecular weight is 326 g/mol. The first-order chi connectivity index (χ1) is 11.3. The van der Waals surface area contributed by atoms with E-state index in [4.69, 9.17) is 0 Å². The second kappa shape index (κ2) is 6.46. The van der Waals surface area contributed by atoms with Crippen LogP contribution in [0.25, 0.3) is 11.1 Å². The van der Waals surface area contributed by atoms with E-state index >= 15 is 0 Å². The molecule has 0 aliphatic carbocycles. The quantitative estimate of drug-likeness (QED) is 0.918. The molecule has 23 heavy (non-hydrogen) atoms. The molecule has 1 aromatic heterocycles. The molecule has 5 rings (SSSR count). The molecule has 120 valence electrons. The van der Waals surface area contributed by atoms with Crippen LogP contribution in [0.5, 0.6) is 0 Å². The van der Waals surface area contributed by atoms with Crippen molar-refractivity contribution in [2.75, 3.05) is 25.0 Å². The van der Waals surface area contributed by atoms with Gasteiger partial charge in [0.25, 0.3) is 0 Å². The summed E-state index contributed by atoms with van der Waals surface area (Å²) in [5, 5.41) is 7.29. The first-order valence-corrected chi connectivity index (χ1v) is 9.37. The number of carbonyl (C=O) groups is 1. The highest BCUT2D eigenvalue weighted by molar-refractivity contribution is 7.08. The lowest BCUT2D eigenvalue weighted by Gasteiger charge is -2.44. The summed E-state index contributed by atoms with van der Waals surface area (Å²) in [5.41, 5.74) is 3.33. The van der Waals surface area contributed by atoms with E-state index in [9.17, 15) is 4.79 Å². The molecule has 0 radical (unpaired) electrons. The van der Waals surface area contributed by atoms with Gasteiger partial charge in [0.2, 0.25) is 5.91 Å². The summed E-state index contributed by atoms with van der Waals surface area (Å²) in [6.07, 6.45) is 3.20. The molecule has 0 spiro atoms. The van der Waals surface area contributed by atoms with Crippen molar-refractivity contribution in [1.82, 2.24) is 4.90 Å². The maximum absolute atomic E-state index is 12.3. The molecule has 3 nitrogen and oxygen atoms in total. The number of carbonyl (C=O) groups excluding carboxylic acids is 1. The lowest BCUT2D eigenvalue weighted by molar-refractivity contribution is -0.118. The summed E-state index contributed by atoms with van der Waals surface area (Å²) < 4.78 is 0. The minimum absolute atomic E-state index is 0.159. The number of hydrogen-bond donors (Lipinski definition) is 1. The van der Waals surface area contributed by atoms with E-state index in [1.165, 1.54) is 37.1 Å². The van der Waals surface area contributed by atoms with Crippen LogP contribution in [0.2, 0.25) is 0 Å². The Morgan fingerprint density at radius 1 is 1.13 bits per heavy atom. The standard InChI is InChI=1S/C19H22N2OS/c22-19(11-17-12-21-8-5-15(17)6-9-21)20-18-3-1-14(2-4-18)16-7-10-23-13-16/h1-4,7,10,13,15,17H,5-6,8-9,11-12H2,(H,20,22). The summed E-state index contributed by atoms with van der Waals surface area (Å²) in [6.45, 7) is 3.56. The van der Waals surface area contributed by atoms with E-state index in [1.807, 2.05) is 12.1 Å². The zero-order valence-electron chi connectivity index (χ0n) is 13.2. The smallest absolute Gasteiger partial charge is 0.224 e. The second-order valence-electron chi connectivity index (χ2n) is 6.74. The molecule has 1 aromatic carbocycles. The maximum atomic E-state index is 12.3. The topological polar surface area (TPSA) is 32.3 Å². The SMILES string of the molecule is O=C(CC1CN2CCC1CC2)Nc1ccc(-c2ccsc2)cc1. The number of piperidine rings is 3. The molecule has 3 fully saturated rings. The lowest BCUT2D eigenvalue weighted by atomic mass is 9.77. The van der Waals surface area contributed by atoms with Crippen LogP contribution in [-0.4, -0.2) is 30.4 Å². The van der Waals surface area contributed by atoms with Gasteiger partial charge in [-0.05, 0) is 77.9 Å². The summed E-state index contributed by atoms with van der Waals surface area (Å²) in [4.78, 5) is 14.9. The van der Waals surface area contributed by atoms with Crippen LogP contribution in [-0.2, 0) is 4.79 Å². The van der Waals surface area contributed by atoms with Gasteiger partial charge in [0.05, 0.1) is 0 Å². The Bertz CT molecular complexity index is 657. The van der Waals surface area contributed by atoms with Crippen molar-refractivity contribution in [3.8, 4) is 11.1 Å². The van der Waals surface area contributed by atoms with E-state index in [1.54, 1.807) is 11.3 Å². The van der Waals surface area contributed by atoms with E-state index < -0.39 is 0 Å². The number of anilines is 1. The predicted octanol–water partition coefficient (Wildman–Crippen LogP) is 4.09. The molecule has 2 bridgehead atoms. The van der Waals surface area contributed by atoms with E-state index in [0.29, 0.717) is 12.3 Å². The number of nitrogens with zero attached hydrogens (tertiary/aromatic N) is 1.